The maximum atomic E-state index is 12.7. The number of nitrogens with zero attached hydrogens (tertiary/aromatic N) is 1. The molecule has 0 saturated carbocycles. The fraction of sp³-hybridized carbons (Fsp3) is 0.120. The van der Waals surface area contributed by atoms with Crippen LogP contribution < -0.4 is 10.1 Å². The van der Waals surface area contributed by atoms with E-state index in [4.69, 9.17) is 16.3 Å². The molecule has 0 saturated heterocycles. The predicted molar refractivity (Wildman–Crippen MR) is 127 cm³/mol. The van der Waals surface area contributed by atoms with Crippen LogP contribution in [-0.2, 0) is 11.4 Å². The van der Waals surface area contributed by atoms with E-state index >= 15 is 0 Å². The van der Waals surface area contributed by atoms with E-state index in [0.29, 0.717) is 22.9 Å². The van der Waals surface area contributed by atoms with E-state index in [-0.39, 0.29) is 11.6 Å². The first-order chi connectivity index (χ1) is 15.0. The first-order valence-corrected chi connectivity index (χ1v) is 10.8. The molecule has 0 fully saturated rings. The van der Waals surface area contributed by atoms with Gasteiger partial charge in [-0.15, -0.1) is 0 Å². The Bertz CT molecular complexity index is 1120. The molecule has 0 aliphatic heterocycles. The second-order valence-electron chi connectivity index (χ2n) is 6.87. The van der Waals surface area contributed by atoms with Crippen LogP contribution in [0.15, 0.2) is 82.8 Å². The minimum absolute atomic E-state index is 0.00257. The number of hydrogen-bond acceptors (Lipinski definition) is 3. The van der Waals surface area contributed by atoms with Gasteiger partial charge < -0.3 is 10.1 Å². The molecule has 0 aromatic heterocycles. The van der Waals surface area contributed by atoms with Crippen molar-refractivity contribution in [2.24, 2.45) is 0 Å². The van der Waals surface area contributed by atoms with E-state index < -0.39 is 5.91 Å². The first kappa shape index (κ1) is 22.6. The summed E-state index contributed by atoms with van der Waals surface area (Å²) in [6.07, 6.45) is 1.54. The Morgan fingerprint density at radius 1 is 1.16 bits per heavy atom. The van der Waals surface area contributed by atoms with Crippen molar-refractivity contribution in [3.63, 3.8) is 0 Å². The van der Waals surface area contributed by atoms with E-state index in [2.05, 4.69) is 21.2 Å². The highest BCUT2D eigenvalue weighted by atomic mass is 79.9. The topological polar surface area (TPSA) is 62.1 Å². The van der Waals surface area contributed by atoms with Gasteiger partial charge in [-0.2, -0.15) is 5.26 Å². The molecule has 0 aliphatic rings. The standard InChI is InChI=1S/C25H20BrClN2O2/c1-17(19-5-3-2-4-6-19)29-25(30)21(15-28)13-20-14-22(26)9-12-24(20)31-16-18-7-10-23(27)11-8-18/h2-14,17H,16H2,1H3,(H,29,30)/b21-13-/t17-/m1/s1. The minimum atomic E-state index is -0.442. The largest absolute Gasteiger partial charge is 0.488 e. The molecular weight excluding hydrogens is 476 g/mol. The Labute approximate surface area is 195 Å². The Morgan fingerprint density at radius 2 is 1.87 bits per heavy atom. The molecule has 0 unspecified atom stereocenters. The molecule has 0 heterocycles. The molecule has 0 spiro atoms. The molecule has 0 aliphatic carbocycles. The van der Waals surface area contributed by atoms with Crippen molar-refractivity contribution >= 4 is 39.5 Å². The minimum Gasteiger partial charge on any atom is -0.488 e. The summed E-state index contributed by atoms with van der Waals surface area (Å²) in [5, 5.41) is 13.1. The maximum absolute atomic E-state index is 12.7. The number of benzene rings is 3. The Balaban J connectivity index is 1.79. The number of nitrogens with one attached hydrogen (secondary N) is 1. The van der Waals surface area contributed by atoms with E-state index in [9.17, 15) is 10.1 Å². The van der Waals surface area contributed by atoms with Gasteiger partial charge in [0, 0.05) is 15.1 Å². The van der Waals surface area contributed by atoms with E-state index in [1.807, 2.05) is 67.6 Å². The molecule has 3 rings (SSSR count). The van der Waals surface area contributed by atoms with Gasteiger partial charge in [0.15, 0.2) is 0 Å². The van der Waals surface area contributed by atoms with Crippen LogP contribution in [0, 0.1) is 11.3 Å². The molecule has 1 amide bonds. The van der Waals surface area contributed by atoms with Crippen LogP contribution in [0.2, 0.25) is 5.02 Å². The molecule has 3 aromatic rings. The summed E-state index contributed by atoms with van der Waals surface area (Å²) in [6, 6.07) is 24.2. The highest BCUT2D eigenvalue weighted by Crippen LogP contribution is 2.27. The second kappa shape index (κ2) is 10.8. The quantitative estimate of drug-likeness (QED) is 0.302. The highest BCUT2D eigenvalue weighted by Gasteiger charge is 2.15. The molecule has 3 aromatic carbocycles. The van der Waals surface area contributed by atoms with E-state index in [0.717, 1.165) is 15.6 Å². The van der Waals surface area contributed by atoms with Crippen molar-refractivity contribution in [3.05, 3.63) is 105 Å². The Kier molecular flexibility index (Phi) is 7.88. The van der Waals surface area contributed by atoms with Gasteiger partial charge in [0.25, 0.3) is 5.91 Å². The normalized spacial score (nSPS) is 12.0. The fourth-order valence-electron chi connectivity index (χ4n) is 2.91. The number of nitriles is 1. The van der Waals surface area contributed by atoms with Gasteiger partial charge in [-0.25, -0.2) is 0 Å². The number of hydrogen-bond donors (Lipinski definition) is 1. The highest BCUT2D eigenvalue weighted by molar-refractivity contribution is 9.10. The number of ether oxygens (including phenoxy) is 1. The summed E-state index contributed by atoms with van der Waals surface area (Å²) >= 11 is 9.36. The van der Waals surface area contributed by atoms with E-state index in [1.165, 1.54) is 6.08 Å². The van der Waals surface area contributed by atoms with Crippen LogP contribution in [-0.4, -0.2) is 5.91 Å². The molecule has 4 nitrogen and oxygen atoms in total. The zero-order valence-electron chi connectivity index (χ0n) is 16.8. The van der Waals surface area contributed by atoms with Gasteiger partial charge in [0.05, 0.1) is 6.04 Å². The van der Waals surface area contributed by atoms with Crippen molar-refractivity contribution in [3.8, 4) is 11.8 Å². The van der Waals surface area contributed by atoms with Gasteiger partial charge in [0.1, 0.15) is 24.0 Å². The van der Waals surface area contributed by atoms with Crippen molar-refractivity contribution < 1.29 is 9.53 Å². The van der Waals surface area contributed by atoms with Gasteiger partial charge in [0.2, 0.25) is 0 Å². The molecule has 0 bridgehead atoms. The summed E-state index contributed by atoms with van der Waals surface area (Å²) < 4.78 is 6.76. The fourth-order valence-corrected chi connectivity index (χ4v) is 3.41. The van der Waals surface area contributed by atoms with Crippen molar-refractivity contribution in [2.75, 3.05) is 0 Å². The molecule has 156 valence electrons. The lowest BCUT2D eigenvalue weighted by Gasteiger charge is -2.14. The van der Waals surface area contributed by atoms with Crippen LogP contribution in [0.5, 0.6) is 5.75 Å². The lowest BCUT2D eigenvalue weighted by molar-refractivity contribution is -0.117. The lowest BCUT2D eigenvalue weighted by atomic mass is 10.1. The summed E-state index contributed by atoms with van der Waals surface area (Å²) in [6.45, 7) is 2.21. The molecule has 0 radical (unpaired) electrons. The Hall–Kier alpha value is -3.07. The average molecular weight is 496 g/mol. The lowest BCUT2D eigenvalue weighted by Crippen LogP contribution is -2.27. The van der Waals surface area contributed by atoms with Crippen molar-refractivity contribution in [1.82, 2.24) is 5.32 Å². The Morgan fingerprint density at radius 3 is 2.55 bits per heavy atom. The number of halogens is 2. The van der Waals surface area contributed by atoms with Gasteiger partial charge >= 0.3 is 0 Å². The monoisotopic (exact) mass is 494 g/mol. The van der Waals surface area contributed by atoms with Crippen LogP contribution >= 0.6 is 27.5 Å². The van der Waals surface area contributed by atoms with Crippen molar-refractivity contribution in [2.45, 2.75) is 19.6 Å². The third-order valence-corrected chi connectivity index (χ3v) is 5.34. The SMILES string of the molecule is C[C@@H](NC(=O)/C(C#N)=C\c1cc(Br)ccc1OCc1ccc(Cl)cc1)c1ccccc1. The number of rotatable bonds is 7. The van der Waals surface area contributed by atoms with Gasteiger partial charge in [-0.05, 0) is 54.5 Å². The summed E-state index contributed by atoms with van der Waals surface area (Å²) in [5.74, 6) is 0.122. The zero-order valence-corrected chi connectivity index (χ0v) is 19.2. The molecular formula is C25H20BrClN2O2. The smallest absolute Gasteiger partial charge is 0.262 e. The van der Waals surface area contributed by atoms with Gasteiger partial charge in [-0.3, -0.25) is 4.79 Å². The average Bonchev–Trinajstić information content (AvgIpc) is 2.78. The first-order valence-electron chi connectivity index (χ1n) is 9.60. The zero-order chi connectivity index (χ0) is 22.2. The van der Waals surface area contributed by atoms with E-state index in [1.54, 1.807) is 18.2 Å². The summed E-state index contributed by atoms with van der Waals surface area (Å²) in [7, 11) is 0. The molecule has 1 N–H and O–H groups in total. The van der Waals surface area contributed by atoms with Crippen LogP contribution in [0.4, 0.5) is 0 Å². The number of carbonyl (C=O) groups excluding carboxylic acids is 1. The third-order valence-electron chi connectivity index (χ3n) is 4.59. The predicted octanol–water partition coefficient (Wildman–Crippen LogP) is 6.47. The molecule has 1 atom stereocenters. The molecule has 6 heteroatoms. The van der Waals surface area contributed by atoms with Crippen LogP contribution in [0.3, 0.4) is 0 Å². The summed E-state index contributed by atoms with van der Waals surface area (Å²) in [4.78, 5) is 12.7. The van der Waals surface area contributed by atoms with Crippen LogP contribution in [0.25, 0.3) is 6.08 Å². The second-order valence-corrected chi connectivity index (χ2v) is 8.23. The maximum Gasteiger partial charge on any atom is 0.262 e. The number of amides is 1. The van der Waals surface area contributed by atoms with Gasteiger partial charge in [-0.1, -0.05) is 70.0 Å². The summed E-state index contributed by atoms with van der Waals surface area (Å²) in [5.41, 5.74) is 2.54. The van der Waals surface area contributed by atoms with Crippen molar-refractivity contribution in [1.29, 1.82) is 5.26 Å². The number of carbonyl (C=O) groups is 1. The third kappa shape index (κ3) is 6.45. The van der Waals surface area contributed by atoms with Crippen LogP contribution in [0.1, 0.15) is 29.7 Å². The molecule has 31 heavy (non-hydrogen) atoms.